The molecule has 0 saturated carbocycles. The highest BCUT2D eigenvalue weighted by molar-refractivity contribution is 5.79. The Bertz CT molecular complexity index is 766. The van der Waals surface area contributed by atoms with Crippen LogP contribution in [0.3, 0.4) is 0 Å². The van der Waals surface area contributed by atoms with Crippen LogP contribution in [0.4, 0.5) is 0 Å². The number of nitrogens with one attached hydrogen (secondary N) is 1. The number of hydrogen-bond donors (Lipinski definition) is 1. The number of benzene rings is 2. The van der Waals surface area contributed by atoms with Crippen molar-refractivity contribution in [1.29, 1.82) is 0 Å². The van der Waals surface area contributed by atoms with Gasteiger partial charge in [-0.25, -0.2) is 0 Å². The van der Waals surface area contributed by atoms with E-state index in [4.69, 9.17) is 14.2 Å². The van der Waals surface area contributed by atoms with Crippen LogP contribution in [0.15, 0.2) is 53.5 Å². The molecule has 0 aliphatic carbocycles. The minimum absolute atomic E-state index is 0.742. The van der Waals surface area contributed by atoms with Crippen molar-refractivity contribution in [2.75, 3.05) is 54.6 Å². The van der Waals surface area contributed by atoms with Gasteiger partial charge in [-0.15, -0.1) is 0 Å². The zero-order valence-electron chi connectivity index (χ0n) is 18.7. The smallest absolute Gasteiger partial charge is 0.193 e. The van der Waals surface area contributed by atoms with E-state index in [9.17, 15) is 0 Å². The Morgan fingerprint density at radius 1 is 0.933 bits per heavy atom. The summed E-state index contributed by atoms with van der Waals surface area (Å²) in [7, 11) is 7.16. The molecule has 0 heterocycles. The van der Waals surface area contributed by atoms with E-state index in [1.807, 2.05) is 32.3 Å². The molecule has 0 fully saturated rings. The molecule has 0 aliphatic heterocycles. The number of hydrogen-bond acceptors (Lipinski definition) is 4. The van der Waals surface area contributed by atoms with Crippen molar-refractivity contribution in [1.82, 2.24) is 10.2 Å². The minimum atomic E-state index is 0.742. The van der Waals surface area contributed by atoms with Crippen molar-refractivity contribution in [3.8, 4) is 11.5 Å². The molecule has 0 spiro atoms. The lowest BCUT2D eigenvalue weighted by Crippen LogP contribution is -2.40. The summed E-state index contributed by atoms with van der Waals surface area (Å²) in [6.45, 7) is 3.18. The van der Waals surface area contributed by atoms with Gasteiger partial charge in [0.05, 0.1) is 20.8 Å². The van der Waals surface area contributed by atoms with Crippen LogP contribution in [0.1, 0.15) is 17.5 Å². The Labute approximate surface area is 180 Å². The summed E-state index contributed by atoms with van der Waals surface area (Å²) >= 11 is 0. The lowest BCUT2D eigenvalue weighted by Gasteiger charge is -2.22. The maximum atomic E-state index is 5.74. The van der Waals surface area contributed by atoms with Crippen LogP contribution in [-0.4, -0.2) is 65.5 Å². The molecule has 2 aromatic carbocycles. The molecule has 1 N–H and O–H groups in total. The van der Waals surface area contributed by atoms with Crippen molar-refractivity contribution in [2.45, 2.75) is 19.3 Å². The van der Waals surface area contributed by atoms with Gasteiger partial charge in [0.1, 0.15) is 0 Å². The SMILES string of the molecule is CN=C(NCCCOCCc1ccccc1)N(C)CCc1ccc(OC)c(OC)c1. The summed E-state index contributed by atoms with van der Waals surface area (Å²) in [5.74, 6) is 2.39. The van der Waals surface area contributed by atoms with Gasteiger partial charge in [0, 0.05) is 33.8 Å². The molecule has 6 heteroatoms. The summed E-state index contributed by atoms with van der Waals surface area (Å²) < 4.78 is 16.4. The third-order valence-electron chi connectivity index (χ3n) is 4.88. The van der Waals surface area contributed by atoms with Gasteiger partial charge >= 0.3 is 0 Å². The molecule has 0 amide bonds. The zero-order chi connectivity index (χ0) is 21.6. The largest absolute Gasteiger partial charge is 0.493 e. The standard InChI is InChI=1S/C24H35N3O3/c1-25-24(26-15-8-17-30-18-14-20-9-6-5-7-10-20)27(2)16-13-21-11-12-22(28-3)23(19-21)29-4/h5-7,9-12,19H,8,13-18H2,1-4H3,(H,25,26). The number of aliphatic imine (C=N–C) groups is 1. The van der Waals surface area contributed by atoms with E-state index in [2.05, 4.69) is 45.5 Å². The summed E-state index contributed by atoms with van der Waals surface area (Å²) in [5.41, 5.74) is 2.51. The Kier molecular flexibility index (Phi) is 10.6. The summed E-state index contributed by atoms with van der Waals surface area (Å²) in [6.07, 6.45) is 2.78. The topological polar surface area (TPSA) is 55.3 Å². The second kappa shape index (κ2) is 13.5. The molecular formula is C24H35N3O3. The highest BCUT2D eigenvalue weighted by Gasteiger charge is 2.08. The van der Waals surface area contributed by atoms with Gasteiger partial charge in [-0.2, -0.15) is 0 Å². The monoisotopic (exact) mass is 413 g/mol. The van der Waals surface area contributed by atoms with Crippen LogP contribution in [0, 0.1) is 0 Å². The quantitative estimate of drug-likeness (QED) is 0.328. The van der Waals surface area contributed by atoms with Crippen molar-refractivity contribution < 1.29 is 14.2 Å². The van der Waals surface area contributed by atoms with E-state index in [-0.39, 0.29) is 0 Å². The molecule has 0 unspecified atom stereocenters. The van der Waals surface area contributed by atoms with Gasteiger partial charge in [0.15, 0.2) is 17.5 Å². The zero-order valence-corrected chi connectivity index (χ0v) is 18.7. The van der Waals surface area contributed by atoms with Crippen LogP contribution >= 0.6 is 0 Å². The van der Waals surface area contributed by atoms with Crippen LogP contribution in [-0.2, 0) is 17.6 Å². The highest BCUT2D eigenvalue weighted by atomic mass is 16.5. The summed E-state index contributed by atoms with van der Waals surface area (Å²) in [4.78, 5) is 6.51. The molecule has 0 aliphatic rings. The molecule has 2 rings (SSSR count). The van der Waals surface area contributed by atoms with Gasteiger partial charge in [0.2, 0.25) is 0 Å². The van der Waals surface area contributed by atoms with Crippen LogP contribution in [0.5, 0.6) is 11.5 Å². The second-order valence-corrected chi connectivity index (χ2v) is 7.04. The predicted octanol–water partition coefficient (Wildman–Crippen LogP) is 3.40. The third-order valence-corrected chi connectivity index (χ3v) is 4.88. The average Bonchev–Trinajstić information content (AvgIpc) is 2.79. The number of ether oxygens (including phenoxy) is 3. The molecule has 6 nitrogen and oxygen atoms in total. The fourth-order valence-corrected chi connectivity index (χ4v) is 3.13. The number of methoxy groups -OCH3 is 2. The minimum Gasteiger partial charge on any atom is -0.493 e. The van der Waals surface area contributed by atoms with Crippen molar-refractivity contribution in [3.05, 3.63) is 59.7 Å². The molecule has 0 radical (unpaired) electrons. The van der Waals surface area contributed by atoms with E-state index in [1.165, 1.54) is 11.1 Å². The van der Waals surface area contributed by atoms with E-state index in [0.29, 0.717) is 0 Å². The number of rotatable bonds is 12. The maximum Gasteiger partial charge on any atom is 0.193 e. The molecule has 0 aromatic heterocycles. The Morgan fingerprint density at radius 2 is 1.70 bits per heavy atom. The van der Waals surface area contributed by atoms with E-state index >= 15 is 0 Å². The van der Waals surface area contributed by atoms with Crippen LogP contribution < -0.4 is 14.8 Å². The molecule has 0 saturated heterocycles. The second-order valence-electron chi connectivity index (χ2n) is 7.04. The number of likely N-dealkylation sites (N-methyl/N-ethyl adjacent to an activating group) is 1. The first-order chi connectivity index (χ1) is 14.7. The van der Waals surface area contributed by atoms with Gasteiger partial charge in [0.25, 0.3) is 0 Å². The van der Waals surface area contributed by atoms with E-state index in [1.54, 1.807) is 14.2 Å². The lowest BCUT2D eigenvalue weighted by molar-refractivity contribution is 0.135. The molecule has 30 heavy (non-hydrogen) atoms. The fourth-order valence-electron chi connectivity index (χ4n) is 3.13. The van der Waals surface area contributed by atoms with Gasteiger partial charge < -0.3 is 24.4 Å². The average molecular weight is 414 g/mol. The molecular weight excluding hydrogens is 378 g/mol. The fraction of sp³-hybridized carbons (Fsp3) is 0.458. The molecule has 2 aromatic rings. The normalized spacial score (nSPS) is 11.3. The Morgan fingerprint density at radius 3 is 2.40 bits per heavy atom. The van der Waals surface area contributed by atoms with Gasteiger partial charge in [-0.1, -0.05) is 36.4 Å². The van der Waals surface area contributed by atoms with Gasteiger partial charge in [-0.3, -0.25) is 4.99 Å². The Hall–Kier alpha value is -2.73. The summed E-state index contributed by atoms with van der Waals surface area (Å²) in [6, 6.07) is 16.5. The van der Waals surface area contributed by atoms with Crippen molar-refractivity contribution >= 4 is 5.96 Å². The Balaban J connectivity index is 1.64. The first-order valence-corrected chi connectivity index (χ1v) is 10.4. The molecule has 164 valence electrons. The van der Waals surface area contributed by atoms with Gasteiger partial charge in [-0.05, 0) is 42.5 Å². The maximum absolute atomic E-state index is 5.74. The highest BCUT2D eigenvalue weighted by Crippen LogP contribution is 2.27. The number of guanidine groups is 1. The summed E-state index contributed by atoms with van der Waals surface area (Å²) in [5, 5.41) is 3.41. The van der Waals surface area contributed by atoms with E-state index < -0.39 is 0 Å². The van der Waals surface area contributed by atoms with Crippen LogP contribution in [0.25, 0.3) is 0 Å². The van der Waals surface area contributed by atoms with E-state index in [0.717, 1.165) is 63.0 Å². The molecule has 0 atom stereocenters. The predicted molar refractivity (Wildman–Crippen MR) is 123 cm³/mol. The number of nitrogens with zero attached hydrogens (tertiary/aromatic N) is 2. The van der Waals surface area contributed by atoms with Crippen molar-refractivity contribution in [2.24, 2.45) is 4.99 Å². The van der Waals surface area contributed by atoms with Crippen LogP contribution in [0.2, 0.25) is 0 Å². The third kappa shape index (κ3) is 7.95. The lowest BCUT2D eigenvalue weighted by atomic mass is 10.1. The first-order valence-electron chi connectivity index (χ1n) is 10.4. The first kappa shape index (κ1) is 23.5. The molecule has 0 bridgehead atoms. The van der Waals surface area contributed by atoms with Crippen molar-refractivity contribution in [3.63, 3.8) is 0 Å².